The Balaban J connectivity index is 2.78. The highest BCUT2D eigenvalue weighted by Gasteiger charge is 2.33. The molecule has 1 rings (SSSR count). The third-order valence-electron chi connectivity index (χ3n) is 3.51. The lowest BCUT2D eigenvalue weighted by Crippen LogP contribution is -2.50. The zero-order valence-electron chi connectivity index (χ0n) is 13.6. The van der Waals surface area contributed by atoms with E-state index in [4.69, 9.17) is 4.74 Å². The van der Waals surface area contributed by atoms with Crippen LogP contribution in [0.4, 0.5) is 0 Å². The van der Waals surface area contributed by atoms with Gasteiger partial charge in [0.1, 0.15) is 11.3 Å². The molecule has 2 atom stereocenters. The van der Waals surface area contributed by atoms with Crippen LogP contribution >= 0.6 is 0 Å². The normalized spacial score (nSPS) is 15.5. The van der Waals surface area contributed by atoms with Crippen LogP contribution in [-0.4, -0.2) is 22.7 Å². The molecule has 0 fully saturated rings. The number of hydrogen-bond donors (Lipinski definition) is 2. The number of carbonyl (C=O) groups is 1. The van der Waals surface area contributed by atoms with Crippen LogP contribution < -0.4 is 10.1 Å². The van der Waals surface area contributed by atoms with Gasteiger partial charge in [-0.2, -0.15) is 0 Å². The number of nitrogens with one attached hydrogen (secondary N) is 1. The van der Waals surface area contributed by atoms with E-state index in [1.54, 1.807) is 6.92 Å². The summed E-state index contributed by atoms with van der Waals surface area (Å²) in [5.41, 5.74) is 0.149. The molecule has 0 saturated heterocycles. The Hall–Kier alpha value is -1.55. The average molecular weight is 293 g/mol. The van der Waals surface area contributed by atoms with E-state index in [1.165, 1.54) is 0 Å². The highest BCUT2D eigenvalue weighted by atomic mass is 16.5. The van der Waals surface area contributed by atoms with Gasteiger partial charge in [-0.05, 0) is 51.8 Å². The summed E-state index contributed by atoms with van der Waals surface area (Å²) in [5, 5.41) is 12.7. The van der Waals surface area contributed by atoms with E-state index >= 15 is 0 Å². The molecule has 0 amide bonds. The van der Waals surface area contributed by atoms with Crippen molar-refractivity contribution in [3.05, 3.63) is 29.8 Å². The van der Waals surface area contributed by atoms with Crippen LogP contribution in [-0.2, 0) is 4.79 Å². The van der Waals surface area contributed by atoms with Gasteiger partial charge >= 0.3 is 5.97 Å². The van der Waals surface area contributed by atoms with Crippen LogP contribution in [0.3, 0.4) is 0 Å². The summed E-state index contributed by atoms with van der Waals surface area (Å²) < 4.78 is 5.61. The molecule has 21 heavy (non-hydrogen) atoms. The molecular formula is C17H27NO3. The monoisotopic (exact) mass is 293 g/mol. The Labute approximate surface area is 127 Å². The largest absolute Gasteiger partial charge is 0.491 e. The highest BCUT2D eigenvalue weighted by molar-refractivity contribution is 5.78. The first kappa shape index (κ1) is 17.5. The second kappa shape index (κ2) is 7.46. The molecule has 4 nitrogen and oxygen atoms in total. The first-order chi connectivity index (χ1) is 9.78. The summed E-state index contributed by atoms with van der Waals surface area (Å²) in [6.07, 6.45) is 1.57. The minimum Gasteiger partial charge on any atom is -0.491 e. The van der Waals surface area contributed by atoms with Gasteiger partial charge in [0.15, 0.2) is 0 Å². The van der Waals surface area contributed by atoms with E-state index in [9.17, 15) is 9.90 Å². The van der Waals surface area contributed by atoms with E-state index in [1.807, 2.05) is 52.0 Å². The van der Waals surface area contributed by atoms with E-state index < -0.39 is 11.5 Å². The molecule has 0 bridgehead atoms. The molecule has 0 spiro atoms. The third-order valence-corrected chi connectivity index (χ3v) is 3.51. The molecule has 0 aliphatic carbocycles. The molecule has 1 aromatic rings. The summed E-state index contributed by atoms with van der Waals surface area (Å²) >= 11 is 0. The SMILES string of the molecule is CCCC(C)(NC(C)c1ccc(OC(C)C)cc1)C(=O)O. The van der Waals surface area contributed by atoms with Crippen LogP contribution in [0.2, 0.25) is 0 Å². The van der Waals surface area contributed by atoms with Gasteiger partial charge in [-0.1, -0.05) is 25.5 Å². The fraction of sp³-hybridized carbons (Fsp3) is 0.588. The van der Waals surface area contributed by atoms with E-state index in [2.05, 4.69) is 5.32 Å². The standard InChI is InChI=1S/C17H27NO3/c1-6-11-17(5,16(19)20)18-13(4)14-7-9-15(10-8-14)21-12(2)3/h7-10,12-13,18H,6,11H2,1-5H3,(H,19,20). The molecule has 0 aromatic heterocycles. The maximum Gasteiger partial charge on any atom is 0.323 e. The molecular weight excluding hydrogens is 266 g/mol. The second-order valence-electron chi connectivity index (χ2n) is 5.99. The number of benzene rings is 1. The zero-order chi connectivity index (χ0) is 16.0. The number of rotatable bonds is 8. The maximum atomic E-state index is 11.5. The fourth-order valence-corrected chi connectivity index (χ4v) is 2.41. The van der Waals surface area contributed by atoms with Gasteiger partial charge in [0, 0.05) is 6.04 Å². The number of carboxylic acid groups (broad SMARTS) is 1. The molecule has 0 heterocycles. The Morgan fingerprint density at radius 1 is 1.29 bits per heavy atom. The van der Waals surface area contributed by atoms with Gasteiger partial charge in [0.05, 0.1) is 6.10 Å². The minimum absolute atomic E-state index is 0.0363. The molecule has 118 valence electrons. The first-order valence-electron chi connectivity index (χ1n) is 7.56. The predicted molar refractivity (Wildman–Crippen MR) is 84.7 cm³/mol. The predicted octanol–water partition coefficient (Wildman–Crippen LogP) is 3.77. The molecule has 0 radical (unpaired) electrons. The van der Waals surface area contributed by atoms with Crippen LogP contribution in [0, 0.1) is 0 Å². The van der Waals surface area contributed by atoms with Gasteiger partial charge in [0.25, 0.3) is 0 Å². The van der Waals surface area contributed by atoms with Crippen LogP contribution in [0.5, 0.6) is 5.75 Å². The van der Waals surface area contributed by atoms with Gasteiger partial charge in [-0.15, -0.1) is 0 Å². The highest BCUT2D eigenvalue weighted by Crippen LogP contribution is 2.23. The quantitative estimate of drug-likeness (QED) is 0.766. The van der Waals surface area contributed by atoms with Crippen molar-refractivity contribution in [2.24, 2.45) is 0 Å². The minimum atomic E-state index is -0.902. The fourth-order valence-electron chi connectivity index (χ4n) is 2.41. The third kappa shape index (κ3) is 5.05. The van der Waals surface area contributed by atoms with Crippen LogP contribution in [0.25, 0.3) is 0 Å². The van der Waals surface area contributed by atoms with Crippen LogP contribution in [0.1, 0.15) is 59.1 Å². The van der Waals surface area contributed by atoms with Crippen molar-refractivity contribution in [3.8, 4) is 5.75 Å². The second-order valence-corrected chi connectivity index (χ2v) is 5.99. The molecule has 2 unspecified atom stereocenters. The van der Waals surface area contributed by atoms with E-state index in [-0.39, 0.29) is 12.1 Å². The summed E-state index contributed by atoms with van der Waals surface area (Å²) in [5.74, 6) is 0.0199. The number of hydrogen-bond acceptors (Lipinski definition) is 3. The van der Waals surface area contributed by atoms with E-state index in [0.717, 1.165) is 17.7 Å². The number of aliphatic carboxylic acids is 1. The molecule has 0 aliphatic heterocycles. The van der Waals surface area contributed by atoms with Crippen molar-refractivity contribution in [2.45, 2.75) is 65.1 Å². The maximum absolute atomic E-state index is 11.5. The van der Waals surface area contributed by atoms with E-state index in [0.29, 0.717) is 6.42 Å². The lowest BCUT2D eigenvalue weighted by atomic mass is 9.94. The number of ether oxygens (including phenoxy) is 1. The van der Waals surface area contributed by atoms with Crippen molar-refractivity contribution in [2.75, 3.05) is 0 Å². The topological polar surface area (TPSA) is 58.6 Å². The Kier molecular flexibility index (Phi) is 6.21. The van der Waals surface area contributed by atoms with Gasteiger partial charge in [-0.3, -0.25) is 10.1 Å². The molecule has 0 saturated carbocycles. The zero-order valence-corrected chi connectivity index (χ0v) is 13.6. The van der Waals surface area contributed by atoms with Gasteiger partial charge in [0.2, 0.25) is 0 Å². The summed E-state index contributed by atoms with van der Waals surface area (Å²) in [4.78, 5) is 11.5. The van der Waals surface area contributed by atoms with Crippen LogP contribution in [0.15, 0.2) is 24.3 Å². The lowest BCUT2D eigenvalue weighted by molar-refractivity contribution is -0.144. The van der Waals surface area contributed by atoms with Crippen molar-refractivity contribution < 1.29 is 14.6 Å². The molecule has 2 N–H and O–H groups in total. The molecule has 1 aromatic carbocycles. The van der Waals surface area contributed by atoms with Crippen molar-refractivity contribution in [3.63, 3.8) is 0 Å². The van der Waals surface area contributed by atoms with Gasteiger partial charge < -0.3 is 9.84 Å². The van der Waals surface area contributed by atoms with Crippen molar-refractivity contribution >= 4 is 5.97 Å². The lowest BCUT2D eigenvalue weighted by Gasteiger charge is -2.30. The first-order valence-corrected chi connectivity index (χ1v) is 7.56. The average Bonchev–Trinajstić information content (AvgIpc) is 2.38. The van der Waals surface area contributed by atoms with Crippen molar-refractivity contribution in [1.29, 1.82) is 0 Å². The van der Waals surface area contributed by atoms with Gasteiger partial charge in [-0.25, -0.2) is 0 Å². The number of carboxylic acids is 1. The Morgan fingerprint density at radius 2 is 1.86 bits per heavy atom. The molecule has 0 aliphatic rings. The smallest absolute Gasteiger partial charge is 0.323 e. The summed E-state index contributed by atoms with van der Waals surface area (Å²) in [7, 11) is 0. The van der Waals surface area contributed by atoms with Crippen molar-refractivity contribution in [1.82, 2.24) is 5.32 Å². The summed E-state index contributed by atoms with van der Waals surface area (Å²) in [6, 6.07) is 7.76. The molecule has 4 heteroatoms. The Morgan fingerprint density at radius 3 is 2.29 bits per heavy atom. The summed E-state index contributed by atoms with van der Waals surface area (Å²) in [6.45, 7) is 9.69. The Bertz CT molecular complexity index is 456.